The lowest BCUT2D eigenvalue weighted by Crippen LogP contribution is -2.36. The van der Waals surface area contributed by atoms with E-state index in [-0.39, 0.29) is 11.5 Å². The van der Waals surface area contributed by atoms with Gasteiger partial charge in [-0.05, 0) is 45.0 Å². The van der Waals surface area contributed by atoms with E-state index in [2.05, 4.69) is 15.1 Å². The van der Waals surface area contributed by atoms with Crippen LogP contribution in [0.2, 0.25) is 0 Å². The second-order valence-corrected chi connectivity index (χ2v) is 5.29. The Kier molecular flexibility index (Phi) is 5.89. The lowest BCUT2D eigenvalue weighted by molar-refractivity contribution is 0.0754. The second-order valence-electron chi connectivity index (χ2n) is 5.29. The highest BCUT2D eigenvalue weighted by atomic mass is 16.2. The molecule has 7 heteroatoms. The number of amides is 1. The number of unbranched alkanes of at least 4 members (excludes halogenated alkanes) is 1. The summed E-state index contributed by atoms with van der Waals surface area (Å²) in [5.74, 6) is -0.116. The fourth-order valence-electron chi connectivity index (χ4n) is 2.50. The van der Waals surface area contributed by atoms with E-state index in [1.165, 1.54) is 12.1 Å². The maximum atomic E-state index is 12.3. The highest BCUT2D eigenvalue weighted by molar-refractivity contribution is 5.92. The molecular formula is C14H23N5O2. The summed E-state index contributed by atoms with van der Waals surface area (Å²) in [7, 11) is 0. The molecule has 2 rings (SSSR count). The zero-order valence-electron chi connectivity index (χ0n) is 12.3. The van der Waals surface area contributed by atoms with E-state index in [9.17, 15) is 9.59 Å². The summed E-state index contributed by atoms with van der Waals surface area (Å²) in [6.07, 6.45) is 3.10. The van der Waals surface area contributed by atoms with Crippen molar-refractivity contribution >= 4 is 5.91 Å². The summed E-state index contributed by atoms with van der Waals surface area (Å²) in [5, 5.41) is 6.11. The molecule has 21 heavy (non-hydrogen) atoms. The Morgan fingerprint density at radius 3 is 2.81 bits per heavy atom. The topological polar surface area (TPSA) is 95.3 Å². The van der Waals surface area contributed by atoms with Gasteiger partial charge in [-0.3, -0.25) is 9.59 Å². The maximum absolute atomic E-state index is 12.3. The third kappa shape index (κ3) is 4.64. The fraction of sp³-hybridized carbons (Fsp3) is 0.643. The molecule has 0 aromatic carbocycles. The van der Waals surface area contributed by atoms with Gasteiger partial charge in [-0.1, -0.05) is 0 Å². The molecule has 0 unspecified atom stereocenters. The van der Waals surface area contributed by atoms with E-state index >= 15 is 0 Å². The van der Waals surface area contributed by atoms with Gasteiger partial charge in [0.25, 0.3) is 11.5 Å². The molecule has 1 amide bonds. The number of nitrogens with zero attached hydrogens (tertiary/aromatic N) is 3. The third-order valence-corrected chi connectivity index (χ3v) is 3.70. The van der Waals surface area contributed by atoms with Crippen molar-refractivity contribution < 1.29 is 4.79 Å². The monoisotopic (exact) mass is 293 g/mol. The van der Waals surface area contributed by atoms with Crippen LogP contribution >= 0.6 is 0 Å². The summed E-state index contributed by atoms with van der Waals surface area (Å²) in [4.78, 5) is 27.5. The number of aromatic nitrogens is 2. The van der Waals surface area contributed by atoms with E-state index in [0.29, 0.717) is 12.2 Å². The first kappa shape index (κ1) is 15.7. The highest BCUT2D eigenvalue weighted by Crippen LogP contribution is 2.07. The van der Waals surface area contributed by atoms with E-state index in [1.54, 1.807) is 0 Å². The summed E-state index contributed by atoms with van der Waals surface area (Å²) >= 11 is 0. The first-order valence-electron chi connectivity index (χ1n) is 7.48. The summed E-state index contributed by atoms with van der Waals surface area (Å²) in [5.41, 5.74) is 5.51. The van der Waals surface area contributed by atoms with Crippen LogP contribution in [0.1, 0.15) is 29.8 Å². The van der Waals surface area contributed by atoms with Crippen LogP contribution in [-0.2, 0) is 0 Å². The first-order valence-corrected chi connectivity index (χ1v) is 7.48. The molecule has 0 aliphatic carbocycles. The van der Waals surface area contributed by atoms with Crippen LogP contribution in [0, 0.1) is 0 Å². The smallest absolute Gasteiger partial charge is 0.274 e. The zero-order chi connectivity index (χ0) is 15.1. The number of nitrogens with two attached hydrogens (primary N) is 1. The molecule has 1 saturated heterocycles. The Bertz CT molecular complexity index is 496. The normalized spacial score (nSPS) is 16.7. The van der Waals surface area contributed by atoms with Crippen molar-refractivity contribution in [1.82, 2.24) is 20.0 Å². The first-order chi connectivity index (χ1) is 10.2. The Morgan fingerprint density at radius 1 is 1.24 bits per heavy atom. The zero-order valence-corrected chi connectivity index (χ0v) is 12.3. The lowest BCUT2D eigenvalue weighted by Gasteiger charge is -2.21. The summed E-state index contributed by atoms with van der Waals surface area (Å²) in [6, 6.07) is 2.81. The molecule has 0 bridgehead atoms. The van der Waals surface area contributed by atoms with Crippen LogP contribution in [0.4, 0.5) is 0 Å². The molecule has 116 valence electrons. The predicted octanol–water partition coefficient (Wildman–Crippen LogP) is -0.343. The van der Waals surface area contributed by atoms with E-state index < -0.39 is 0 Å². The van der Waals surface area contributed by atoms with E-state index in [4.69, 9.17) is 5.73 Å². The second kappa shape index (κ2) is 7.90. The molecule has 1 fully saturated rings. The van der Waals surface area contributed by atoms with Crippen molar-refractivity contribution in [3.05, 3.63) is 28.2 Å². The fourth-order valence-corrected chi connectivity index (χ4v) is 2.50. The van der Waals surface area contributed by atoms with Gasteiger partial charge in [0.05, 0.1) is 0 Å². The van der Waals surface area contributed by atoms with Crippen LogP contribution in [0.15, 0.2) is 16.9 Å². The van der Waals surface area contributed by atoms with Gasteiger partial charge >= 0.3 is 0 Å². The van der Waals surface area contributed by atoms with Gasteiger partial charge in [0.2, 0.25) is 0 Å². The molecule has 3 N–H and O–H groups in total. The summed E-state index contributed by atoms with van der Waals surface area (Å²) < 4.78 is 0. The lowest BCUT2D eigenvalue weighted by atomic mass is 10.3. The molecule has 1 aromatic rings. The molecular weight excluding hydrogens is 270 g/mol. The Balaban J connectivity index is 1.88. The molecule has 1 aromatic heterocycles. The standard InChI is InChI=1S/C14H23N5O2/c15-6-1-2-7-18-8-3-9-19(11-10-18)14(21)12-4-5-13(20)17-16-12/h4-5H,1-3,6-11,15H2,(H,17,20). The van der Waals surface area contributed by atoms with Gasteiger partial charge in [-0.2, -0.15) is 5.10 Å². The van der Waals surface area contributed by atoms with Gasteiger partial charge in [0, 0.05) is 25.7 Å². The van der Waals surface area contributed by atoms with Gasteiger partial charge < -0.3 is 15.5 Å². The van der Waals surface area contributed by atoms with Crippen LogP contribution < -0.4 is 11.3 Å². The minimum Gasteiger partial charge on any atom is -0.336 e. The maximum Gasteiger partial charge on any atom is 0.274 e. The minimum atomic E-state index is -0.298. The van der Waals surface area contributed by atoms with E-state index in [1.807, 2.05) is 4.90 Å². The number of rotatable bonds is 5. The summed E-state index contributed by atoms with van der Waals surface area (Å²) in [6.45, 7) is 5.08. The largest absolute Gasteiger partial charge is 0.336 e. The number of carbonyl (C=O) groups excluding carboxylic acids is 1. The number of hydrogen-bond donors (Lipinski definition) is 2. The molecule has 7 nitrogen and oxygen atoms in total. The average Bonchev–Trinajstić information content (AvgIpc) is 2.73. The molecule has 0 spiro atoms. The Morgan fingerprint density at radius 2 is 2.10 bits per heavy atom. The van der Waals surface area contributed by atoms with Crippen molar-refractivity contribution in [3.63, 3.8) is 0 Å². The van der Waals surface area contributed by atoms with Crippen LogP contribution in [0.3, 0.4) is 0 Å². The third-order valence-electron chi connectivity index (χ3n) is 3.70. The molecule has 0 atom stereocenters. The average molecular weight is 293 g/mol. The Labute approximate surface area is 124 Å². The molecule has 1 aliphatic heterocycles. The number of hydrogen-bond acceptors (Lipinski definition) is 5. The van der Waals surface area contributed by atoms with Gasteiger partial charge in [-0.25, -0.2) is 5.10 Å². The number of aromatic amines is 1. The quantitative estimate of drug-likeness (QED) is 0.724. The number of carbonyl (C=O) groups is 1. The van der Waals surface area contributed by atoms with E-state index in [0.717, 1.165) is 52.0 Å². The number of nitrogens with one attached hydrogen (secondary N) is 1. The molecule has 0 radical (unpaired) electrons. The molecule has 2 heterocycles. The molecule has 0 saturated carbocycles. The van der Waals surface area contributed by atoms with Gasteiger partial charge in [-0.15, -0.1) is 0 Å². The van der Waals surface area contributed by atoms with Crippen molar-refractivity contribution in [1.29, 1.82) is 0 Å². The van der Waals surface area contributed by atoms with Crippen molar-refractivity contribution in [2.24, 2.45) is 5.73 Å². The minimum absolute atomic E-state index is 0.116. The van der Waals surface area contributed by atoms with Crippen LogP contribution in [0.5, 0.6) is 0 Å². The number of H-pyrrole nitrogens is 1. The van der Waals surface area contributed by atoms with Crippen molar-refractivity contribution in [3.8, 4) is 0 Å². The highest BCUT2D eigenvalue weighted by Gasteiger charge is 2.21. The van der Waals surface area contributed by atoms with Gasteiger partial charge in [0.1, 0.15) is 5.69 Å². The van der Waals surface area contributed by atoms with Crippen molar-refractivity contribution in [2.45, 2.75) is 19.3 Å². The predicted molar refractivity (Wildman–Crippen MR) is 80.1 cm³/mol. The van der Waals surface area contributed by atoms with Gasteiger partial charge in [0.15, 0.2) is 0 Å². The Hall–Kier alpha value is -1.73. The SMILES string of the molecule is NCCCCN1CCCN(C(=O)c2ccc(=O)[nH]n2)CC1. The van der Waals surface area contributed by atoms with Crippen LogP contribution in [0.25, 0.3) is 0 Å². The van der Waals surface area contributed by atoms with Crippen LogP contribution in [-0.4, -0.2) is 65.2 Å². The molecule has 1 aliphatic rings. The van der Waals surface area contributed by atoms with Crippen molar-refractivity contribution in [2.75, 3.05) is 39.3 Å².